The number of ketones is 2. The van der Waals surface area contributed by atoms with Crippen LogP contribution in [0.5, 0.6) is 0 Å². The number of hydrogen-bond donors (Lipinski definition) is 2. The van der Waals surface area contributed by atoms with Gasteiger partial charge in [0, 0.05) is 34.5 Å². The third-order valence-electron chi connectivity index (χ3n) is 9.14. The molecule has 3 fully saturated rings. The molecule has 3 saturated carbocycles. The maximum absolute atomic E-state index is 13.2. The number of rotatable bonds is 4. The molecule has 6 nitrogen and oxygen atoms in total. The largest absolute Gasteiger partial charge is 0.450 e. The highest BCUT2D eigenvalue weighted by Crippen LogP contribution is 2.69. The van der Waals surface area contributed by atoms with Gasteiger partial charge in [0.2, 0.25) is 5.78 Å². The van der Waals surface area contributed by atoms with Gasteiger partial charge in [-0.05, 0) is 43.3 Å². The number of fused-ring (bicyclic) bond motifs is 5. The van der Waals surface area contributed by atoms with Crippen molar-refractivity contribution in [3.05, 3.63) is 23.8 Å². The fourth-order valence-corrected chi connectivity index (χ4v) is 8.30. The van der Waals surface area contributed by atoms with E-state index in [1.54, 1.807) is 19.1 Å². The standard InChI is InChI=1S/C25H33ClO6/c1-5-20(31)32-25(19(30)12-27)13(2)8-16-21-17(26)10-14-9-15(28)6-7-23(14,3)22(21)18(29)11-24(16,25)4/h6-7,9,13,16-18,21-22,27,29H,5,8,10-12H2,1-4H3/t13-,16+,17-,18+,21-,22+,23+,24+,25-/m1/s1. The molecule has 0 aromatic heterocycles. The van der Waals surface area contributed by atoms with Gasteiger partial charge in [-0.1, -0.05) is 39.3 Å². The number of Topliss-reactive ketones (excluding diaryl/α,β-unsaturated/α-hetero) is 1. The first kappa shape index (κ1) is 23.7. The zero-order chi connectivity index (χ0) is 23.6. The van der Waals surface area contributed by atoms with Crippen molar-refractivity contribution in [2.45, 2.75) is 70.5 Å². The summed E-state index contributed by atoms with van der Waals surface area (Å²) >= 11 is 6.97. The second-order valence-electron chi connectivity index (χ2n) is 10.6. The van der Waals surface area contributed by atoms with Gasteiger partial charge in [0.25, 0.3) is 0 Å². The predicted octanol–water partition coefficient (Wildman–Crippen LogP) is 2.98. The first-order valence-electron chi connectivity index (χ1n) is 11.6. The minimum atomic E-state index is -1.50. The molecule has 32 heavy (non-hydrogen) atoms. The third kappa shape index (κ3) is 2.95. The third-order valence-corrected chi connectivity index (χ3v) is 9.59. The van der Waals surface area contributed by atoms with Crippen molar-refractivity contribution in [2.75, 3.05) is 6.61 Å². The summed E-state index contributed by atoms with van der Waals surface area (Å²) in [6.07, 6.45) is 5.80. The molecular weight excluding hydrogens is 432 g/mol. The molecule has 0 unspecified atom stereocenters. The van der Waals surface area contributed by atoms with Gasteiger partial charge in [-0.25, -0.2) is 0 Å². The van der Waals surface area contributed by atoms with E-state index in [9.17, 15) is 24.6 Å². The predicted molar refractivity (Wildman–Crippen MR) is 119 cm³/mol. The Morgan fingerprint density at radius 1 is 1.31 bits per heavy atom. The van der Waals surface area contributed by atoms with Gasteiger partial charge in [0.1, 0.15) is 6.61 Å². The molecule has 4 aliphatic rings. The summed E-state index contributed by atoms with van der Waals surface area (Å²) in [6, 6.07) is 0. The van der Waals surface area contributed by atoms with Gasteiger partial charge in [-0.15, -0.1) is 11.6 Å². The maximum atomic E-state index is 13.2. The van der Waals surface area contributed by atoms with Crippen LogP contribution in [0.4, 0.5) is 0 Å². The van der Waals surface area contributed by atoms with Crippen molar-refractivity contribution in [1.82, 2.24) is 0 Å². The summed E-state index contributed by atoms with van der Waals surface area (Å²) in [7, 11) is 0. The zero-order valence-electron chi connectivity index (χ0n) is 19.1. The SMILES string of the molecule is CCC(=O)O[C@@]1(C(=O)CO)[C@H](C)C[C@H]2[C@H]3[C@H]([C@@H](O)C[C@@]21C)[C@@]1(C)C=CC(=O)C=C1C[C@H]3Cl. The van der Waals surface area contributed by atoms with Gasteiger partial charge in [0.15, 0.2) is 11.4 Å². The molecule has 9 atom stereocenters. The molecule has 0 radical (unpaired) electrons. The number of halogens is 1. The molecule has 176 valence electrons. The van der Waals surface area contributed by atoms with E-state index in [0.717, 1.165) is 5.57 Å². The van der Waals surface area contributed by atoms with Crippen LogP contribution in [0.3, 0.4) is 0 Å². The summed E-state index contributed by atoms with van der Waals surface area (Å²) in [6.45, 7) is 6.80. The number of ether oxygens (including phenoxy) is 1. The van der Waals surface area contributed by atoms with E-state index in [-0.39, 0.29) is 47.7 Å². The minimum Gasteiger partial charge on any atom is -0.450 e. The number of carbonyl (C=O) groups excluding carboxylic acids is 3. The van der Waals surface area contributed by atoms with Crippen LogP contribution in [0.15, 0.2) is 23.8 Å². The summed E-state index contributed by atoms with van der Waals surface area (Å²) in [5.41, 5.74) is -1.93. The van der Waals surface area contributed by atoms with Crippen LogP contribution < -0.4 is 0 Å². The van der Waals surface area contributed by atoms with Crippen molar-refractivity contribution in [3.63, 3.8) is 0 Å². The van der Waals surface area contributed by atoms with Crippen LogP contribution >= 0.6 is 11.6 Å². The van der Waals surface area contributed by atoms with E-state index in [1.165, 1.54) is 0 Å². The zero-order valence-corrected chi connectivity index (χ0v) is 19.9. The van der Waals surface area contributed by atoms with Gasteiger partial charge in [-0.3, -0.25) is 14.4 Å². The number of esters is 1. The molecule has 0 aliphatic heterocycles. The van der Waals surface area contributed by atoms with E-state index in [4.69, 9.17) is 16.3 Å². The summed E-state index contributed by atoms with van der Waals surface area (Å²) in [5, 5.41) is 21.1. The number of allylic oxidation sites excluding steroid dienone is 4. The van der Waals surface area contributed by atoms with Crippen LogP contribution in [0.2, 0.25) is 0 Å². The van der Waals surface area contributed by atoms with E-state index < -0.39 is 40.9 Å². The fourth-order valence-electron chi connectivity index (χ4n) is 7.80. The molecule has 0 aromatic carbocycles. The van der Waals surface area contributed by atoms with Gasteiger partial charge in [-0.2, -0.15) is 0 Å². The van der Waals surface area contributed by atoms with Crippen LogP contribution in [-0.2, 0) is 19.1 Å². The number of carbonyl (C=O) groups is 3. The molecule has 0 saturated heterocycles. The smallest absolute Gasteiger partial charge is 0.306 e. The first-order chi connectivity index (χ1) is 15.0. The Labute approximate surface area is 194 Å². The molecular formula is C25H33ClO6. The van der Waals surface area contributed by atoms with Gasteiger partial charge in [0.05, 0.1) is 6.10 Å². The highest BCUT2D eigenvalue weighted by Gasteiger charge is 2.73. The van der Waals surface area contributed by atoms with Crippen LogP contribution in [0.1, 0.15) is 53.4 Å². The second-order valence-corrected chi connectivity index (χ2v) is 11.1. The van der Waals surface area contributed by atoms with E-state index in [0.29, 0.717) is 12.8 Å². The quantitative estimate of drug-likeness (QED) is 0.490. The first-order valence-corrected chi connectivity index (χ1v) is 12.0. The Morgan fingerprint density at radius 3 is 2.62 bits per heavy atom. The van der Waals surface area contributed by atoms with Crippen molar-refractivity contribution in [3.8, 4) is 0 Å². The highest BCUT2D eigenvalue weighted by atomic mass is 35.5. The van der Waals surface area contributed by atoms with Crippen LogP contribution in [0, 0.1) is 34.5 Å². The van der Waals surface area contributed by atoms with Gasteiger partial charge < -0.3 is 14.9 Å². The van der Waals surface area contributed by atoms with E-state index in [2.05, 4.69) is 6.92 Å². The Morgan fingerprint density at radius 2 is 2.00 bits per heavy atom. The monoisotopic (exact) mass is 464 g/mol. The number of alkyl halides is 1. The molecule has 0 bridgehead atoms. The Balaban J connectivity index is 1.84. The number of hydrogen-bond acceptors (Lipinski definition) is 6. The molecule has 0 amide bonds. The summed E-state index contributed by atoms with van der Waals surface area (Å²) in [4.78, 5) is 37.7. The fraction of sp³-hybridized carbons (Fsp3) is 0.720. The Bertz CT molecular complexity index is 910. The normalized spacial score (nSPS) is 47.2. The highest BCUT2D eigenvalue weighted by molar-refractivity contribution is 6.21. The lowest BCUT2D eigenvalue weighted by atomic mass is 9.46. The Kier molecular flexibility index (Phi) is 5.75. The van der Waals surface area contributed by atoms with Crippen molar-refractivity contribution in [1.29, 1.82) is 0 Å². The van der Waals surface area contributed by atoms with E-state index >= 15 is 0 Å². The number of aliphatic hydroxyl groups is 2. The second kappa shape index (κ2) is 7.78. The lowest BCUT2D eigenvalue weighted by Crippen LogP contribution is -2.65. The van der Waals surface area contributed by atoms with Crippen molar-refractivity contribution in [2.24, 2.45) is 34.5 Å². The summed E-state index contributed by atoms with van der Waals surface area (Å²) in [5.74, 6) is -1.84. The van der Waals surface area contributed by atoms with Crippen molar-refractivity contribution >= 4 is 29.1 Å². The maximum Gasteiger partial charge on any atom is 0.306 e. The average molecular weight is 465 g/mol. The van der Waals surface area contributed by atoms with Crippen molar-refractivity contribution < 1.29 is 29.3 Å². The Hall–Kier alpha value is -1.50. The molecule has 0 spiro atoms. The number of aliphatic hydroxyl groups excluding tert-OH is 2. The molecule has 0 aromatic rings. The lowest BCUT2D eigenvalue weighted by molar-refractivity contribution is -0.204. The molecule has 4 rings (SSSR count). The lowest BCUT2D eigenvalue weighted by Gasteiger charge is -2.61. The average Bonchev–Trinajstić information content (AvgIpc) is 2.95. The minimum absolute atomic E-state index is 0.0662. The molecule has 4 aliphatic carbocycles. The molecule has 0 heterocycles. The summed E-state index contributed by atoms with van der Waals surface area (Å²) < 4.78 is 5.92. The topological polar surface area (TPSA) is 101 Å². The molecule has 7 heteroatoms. The van der Waals surface area contributed by atoms with Gasteiger partial charge >= 0.3 is 5.97 Å². The molecule has 2 N–H and O–H groups in total. The van der Waals surface area contributed by atoms with E-state index in [1.807, 2.05) is 19.9 Å². The van der Waals surface area contributed by atoms with Crippen LogP contribution in [0.25, 0.3) is 0 Å². The van der Waals surface area contributed by atoms with Crippen LogP contribution in [-0.4, -0.2) is 51.4 Å².